The number of hydrogen-bond donors (Lipinski definition) is 1. The van der Waals surface area contributed by atoms with Crippen LogP contribution in [-0.4, -0.2) is 73.4 Å². The zero-order valence-corrected chi connectivity index (χ0v) is 13.6. The Morgan fingerprint density at radius 1 is 1.26 bits per heavy atom. The topological polar surface area (TPSA) is 87.4 Å². The minimum Gasteiger partial charge on any atom is -0.465 e. The first-order valence-corrected chi connectivity index (χ1v) is 8.50. The van der Waals surface area contributed by atoms with Crippen molar-refractivity contribution in [3.63, 3.8) is 0 Å². The van der Waals surface area contributed by atoms with Gasteiger partial charge in [-0.1, -0.05) is 0 Å². The lowest BCUT2D eigenvalue weighted by molar-refractivity contribution is -0.00436. The van der Waals surface area contributed by atoms with E-state index >= 15 is 0 Å². The van der Waals surface area contributed by atoms with Crippen molar-refractivity contribution in [3.8, 4) is 0 Å². The van der Waals surface area contributed by atoms with Crippen molar-refractivity contribution in [1.82, 2.24) is 30.0 Å². The Morgan fingerprint density at radius 2 is 2.00 bits per heavy atom. The third-order valence-corrected chi connectivity index (χ3v) is 6.11. The zero-order chi connectivity index (χ0) is 16.0. The lowest BCUT2D eigenvalue weighted by Crippen LogP contribution is -2.54. The number of tetrazole rings is 1. The Hall–Kier alpha value is -1.70. The first-order chi connectivity index (χ1) is 11.1. The van der Waals surface area contributed by atoms with Crippen molar-refractivity contribution in [3.05, 3.63) is 5.82 Å². The number of aryl methyl sites for hydroxylation is 1. The summed E-state index contributed by atoms with van der Waals surface area (Å²) >= 11 is 0. The first kappa shape index (κ1) is 14.9. The summed E-state index contributed by atoms with van der Waals surface area (Å²) in [6.07, 6.45) is 4.82. The standard InChI is InChI=1S/C15H24N6O2/c1-19-13(16-17-18-19)11-2-5-20(6-3-11)12-8-15(9-12)4-7-21(10-15)14(22)23/h11-12H,2-10H2,1H3,(H,22,23). The third kappa shape index (κ3) is 2.58. The monoisotopic (exact) mass is 320 g/mol. The van der Waals surface area contributed by atoms with E-state index in [4.69, 9.17) is 5.11 Å². The summed E-state index contributed by atoms with van der Waals surface area (Å²) in [5.74, 6) is 1.47. The molecule has 3 fully saturated rings. The summed E-state index contributed by atoms with van der Waals surface area (Å²) < 4.78 is 1.79. The van der Waals surface area contributed by atoms with Crippen LogP contribution in [0.25, 0.3) is 0 Å². The maximum Gasteiger partial charge on any atom is 0.407 e. The number of carboxylic acid groups (broad SMARTS) is 1. The van der Waals surface area contributed by atoms with Crippen LogP contribution in [0.4, 0.5) is 4.79 Å². The Kier molecular flexibility index (Phi) is 3.51. The molecule has 23 heavy (non-hydrogen) atoms. The van der Waals surface area contributed by atoms with Crippen LogP contribution in [0.3, 0.4) is 0 Å². The van der Waals surface area contributed by atoms with Gasteiger partial charge in [-0.3, -0.25) is 0 Å². The van der Waals surface area contributed by atoms with Crippen molar-refractivity contribution in [2.24, 2.45) is 12.5 Å². The van der Waals surface area contributed by atoms with Crippen molar-refractivity contribution in [1.29, 1.82) is 0 Å². The molecular weight excluding hydrogens is 296 g/mol. The molecule has 8 nitrogen and oxygen atoms in total. The van der Waals surface area contributed by atoms with Gasteiger partial charge in [0.05, 0.1) is 0 Å². The van der Waals surface area contributed by atoms with Gasteiger partial charge in [0.2, 0.25) is 0 Å². The van der Waals surface area contributed by atoms with Crippen LogP contribution in [-0.2, 0) is 7.05 Å². The third-order valence-electron chi connectivity index (χ3n) is 6.11. The van der Waals surface area contributed by atoms with Crippen molar-refractivity contribution >= 4 is 6.09 Å². The van der Waals surface area contributed by atoms with Gasteiger partial charge in [0.15, 0.2) is 5.82 Å². The van der Waals surface area contributed by atoms with Crippen LogP contribution in [0.1, 0.15) is 43.8 Å². The second kappa shape index (κ2) is 5.43. The molecule has 0 bridgehead atoms. The van der Waals surface area contributed by atoms with Gasteiger partial charge in [-0.25, -0.2) is 9.48 Å². The van der Waals surface area contributed by atoms with Crippen LogP contribution < -0.4 is 0 Å². The van der Waals surface area contributed by atoms with E-state index in [-0.39, 0.29) is 5.41 Å². The average Bonchev–Trinajstić information content (AvgIpc) is 3.12. The summed E-state index contributed by atoms with van der Waals surface area (Å²) in [4.78, 5) is 15.3. The van der Waals surface area contributed by atoms with E-state index in [0.29, 0.717) is 18.5 Å². The van der Waals surface area contributed by atoms with Crippen molar-refractivity contribution in [2.45, 2.75) is 44.1 Å². The zero-order valence-electron chi connectivity index (χ0n) is 13.6. The van der Waals surface area contributed by atoms with E-state index in [0.717, 1.165) is 57.6 Å². The predicted molar refractivity (Wildman–Crippen MR) is 82.0 cm³/mol. The van der Waals surface area contributed by atoms with Crippen LogP contribution >= 0.6 is 0 Å². The highest BCUT2D eigenvalue weighted by molar-refractivity contribution is 5.65. The Bertz CT molecular complexity index is 589. The van der Waals surface area contributed by atoms with E-state index in [2.05, 4.69) is 20.4 Å². The molecule has 126 valence electrons. The summed E-state index contributed by atoms with van der Waals surface area (Å²) in [7, 11) is 1.91. The van der Waals surface area contributed by atoms with Gasteiger partial charge < -0.3 is 14.9 Å². The van der Waals surface area contributed by atoms with Crippen LogP contribution in [0.5, 0.6) is 0 Å². The second-order valence-electron chi connectivity index (χ2n) is 7.49. The molecule has 0 atom stereocenters. The average molecular weight is 320 g/mol. The van der Waals surface area contributed by atoms with Gasteiger partial charge in [0.25, 0.3) is 0 Å². The molecule has 2 aliphatic heterocycles. The predicted octanol–water partition coefficient (Wildman–Crippen LogP) is 0.922. The first-order valence-electron chi connectivity index (χ1n) is 8.50. The summed E-state index contributed by atoms with van der Waals surface area (Å²) in [6.45, 7) is 3.64. The van der Waals surface area contributed by atoms with Gasteiger partial charge in [-0.15, -0.1) is 5.10 Å². The minimum absolute atomic E-state index is 0.271. The number of hydrogen-bond acceptors (Lipinski definition) is 5. The van der Waals surface area contributed by atoms with Gasteiger partial charge in [0, 0.05) is 32.1 Å². The van der Waals surface area contributed by atoms with Gasteiger partial charge in [-0.05, 0) is 61.0 Å². The lowest BCUT2D eigenvalue weighted by atomic mass is 9.64. The number of likely N-dealkylation sites (tertiary alicyclic amines) is 2. The van der Waals surface area contributed by atoms with Crippen LogP contribution in [0, 0.1) is 5.41 Å². The molecule has 8 heteroatoms. The van der Waals surface area contributed by atoms with E-state index in [1.54, 1.807) is 9.58 Å². The molecule has 2 saturated heterocycles. The van der Waals surface area contributed by atoms with E-state index in [1.165, 1.54) is 0 Å². The summed E-state index contributed by atoms with van der Waals surface area (Å²) in [5.41, 5.74) is 0.271. The number of rotatable bonds is 2. The molecule has 1 spiro atoms. The highest BCUT2D eigenvalue weighted by atomic mass is 16.4. The van der Waals surface area contributed by atoms with E-state index in [1.807, 2.05) is 7.05 Å². The fourth-order valence-corrected chi connectivity index (χ4v) is 4.73. The number of nitrogens with zero attached hydrogens (tertiary/aromatic N) is 6. The molecule has 0 aromatic carbocycles. The number of piperidine rings is 1. The maximum absolute atomic E-state index is 11.1. The molecule has 0 unspecified atom stereocenters. The Balaban J connectivity index is 1.28. The molecule has 1 aromatic heterocycles. The molecule has 1 N–H and O–H groups in total. The van der Waals surface area contributed by atoms with Crippen molar-refractivity contribution in [2.75, 3.05) is 26.2 Å². The summed E-state index contributed by atoms with van der Waals surface area (Å²) in [5, 5.41) is 20.9. The van der Waals surface area contributed by atoms with E-state index < -0.39 is 6.09 Å². The molecule has 3 heterocycles. The highest BCUT2D eigenvalue weighted by Crippen LogP contribution is 2.50. The molecule has 1 aromatic rings. The largest absolute Gasteiger partial charge is 0.465 e. The van der Waals surface area contributed by atoms with Crippen molar-refractivity contribution < 1.29 is 9.90 Å². The van der Waals surface area contributed by atoms with Crippen LogP contribution in [0.15, 0.2) is 0 Å². The lowest BCUT2D eigenvalue weighted by Gasteiger charge is -2.51. The van der Waals surface area contributed by atoms with Gasteiger partial charge in [-0.2, -0.15) is 0 Å². The van der Waals surface area contributed by atoms with E-state index in [9.17, 15) is 4.79 Å². The SMILES string of the molecule is Cn1nnnc1C1CCN(C2CC3(CCN(C(=O)O)C3)C2)CC1. The second-order valence-corrected chi connectivity index (χ2v) is 7.49. The number of carbonyl (C=O) groups is 1. The normalized spacial score (nSPS) is 32.4. The number of amides is 1. The molecule has 1 aliphatic carbocycles. The van der Waals surface area contributed by atoms with Crippen LogP contribution in [0.2, 0.25) is 0 Å². The highest BCUT2D eigenvalue weighted by Gasteiger charge is 2.51. The molecule has 1 saturated carbocycles. The fraction of sp³-hybridized carbons (Fsp3) is 0.867. The molecule has 0 radical (unpaired) electrons. The quantitative estimate of drug-likeness (QED) is 0.872. The Morgan fingerprint density at radius 3 is 2.57 bits per heavy atom. The Labute approximate surface area is 135 Å². The smallest absolute Gasteiger partial charge is 0.407 e. The minimum atomic E-state index is -0.761. The molecular formula is C15H24N6O2. The molecule has 1 amide bonds. The number of aromatic nitrogens is 4. The van der Waals surface area contributed by atoms with Gasteiger partial charge >= 0.3 is 6.09 Å². The molecule has 4 rings (SSSR count). The maximum atomic E-state index is 11.1. The molecule has 3 aliphatic rings. The summed E-state index contributed by atoms with van der Waals surface area (Å²) in [6, 6.07) is 0.641. The van der Waals surface area contributed by atoms with Gasteiger partial charge in [0.1, 0.15) is 0 Å². The fourth-order valence-electron chi connectivity index (χ4n) is 4.73.